The zero-order valence-corrected chi connectivity index (χ0v) is 15.0. The number of fused-ring (bicyclic) bond motifs is 1. The highest BCUT2D eigenvalue weighted by Crippen LogP contribution is 2.28. The van der Waals surface area contributed by atoms with Gasteiger partial charge in [-0.15, -0.1) is 0 Å². The molecule has 1 amide bonds. The third kappa shape index (κ3) is 2.88. The number of aromatic nitrogens is 3. The van der Waals surface area contributed by atoms with Crippen molar-refractivity contribution >= 4 is 28.4 Å². The number of hydrogen-bond donors (Lipinski definition) is 0. The molecule has 1 aromatic carbocycles. The topological polar surface area (TPSA) is 81.2 Å². The molecular weight excluding hydrogens is 356 g/mol. The molecule has 0 aliphatic carbocycles. The van der Waals surface area contributed by atoms with Gasteiger partial charge in [-0.3, -0.25) is 9.59 Å². The molecular formula is C18H17ClN4O3. The van der Waals surface area contributed by atoms with Crippen LogP contribution in [0, 0.1) is 6.92 Å². The average molecular weight is 373 g/mol. The van der Waals surface area contributed by atoms with E-state index in [0.29, 0.717) is 21.9 Å². The van der Waals surface area contributed by atoms with E-state index < -0.39 is 5.56 Å². The Morgan fingerprint density at radius 1 is 1.23 bits per heavy atom. The first-order chi connectivity index (χ1) is 12.5. The largest absolute Gasteiger partial charge is 0.360 e. The van der Waals surface area contributed by atoms with E-state index in [1.165, 1.54) is 4.68 Å². The van der Waals surface area contributed by atoms with Crippen molar-refractivity contribution in [3.05, 3.63) is 45.4 Å². The van der Waals surface area contributed by atoms with E-state index in [1.54, 1.807) is 24.0 Å². The van der Waals surface area contributed by atoms with Crippen LogP contribution in [0.2, 0.25) is 5.02 Å². The number of amides is 1. The Labute approximate surface area is 154 Å². The van der Waals surface area contributed by atoms with Crippen LogP contribution in [-0.2, 0) is 11.3 Å². The number of halogens is 1. The summed E-state index contributed by atoms with van der Waals surface area (Å²) < 4.78 is 6.39. The lowest BCUT2D eigenvalue weighted by Gasteiger charge is -2.16. The van der Waals surface area contributed by atoms with Gasteiger partial charge in [0, 0.05) is 23.7 Å². The maximum Gasteiger partial charge on any atom is 0.297 e. The summed E-state index contributed by atoms with van der Waals surface area (Å²) in [6, 6.07) is 7.12. The van der Waals surface area contributed by atoms with Crippen LogP contribution in [0.4, 0.5) is 0 Å². The Hall–Kier alpha value is -2.67. The van der Waals surface area contributed by atoms with Gasteiger partial charge in [0.2, 0.25) is 5.91 Å². The fourth-order valence-corrected chi connectivity index (χ4v) is 3.37. The molecule has 0 unspecified atom stereocenters. The summed E-state index contributed by atoms with van der Waals surface area (Å²) in [4.78, 5) is 26.9. The van der Waals surface area contributed by atoms with Gasteiger partial charge in [0.1, 0.15) is 18.0 Å². The van der Waals surface area contributed by atoms with E-state index in [4.69, 9.17) is 16.1 Å². The standard InChI is InChI=1S/C18H17ClN4O3/c1-11-15-16(12-4-6-13(19)7-5-12)20-23(18(25)17(15)21-26-11)10-14(24)22-8-2-3-9-22/h4-7H,2-3,8-10H2,1H3. The maximum absolute atomic E-state index is 12.7. The summed E-state index contributed by atoms with van der Waals surface area (Å²) in [5, 5.41) is 9.51. The summed E-state index contributed by atoms with van der Waals surface area (Å²) in [5.41, 5.74) is 1.07. The number of carbonyl (C=O) groups is 1. The van der Waals surface area contributed by atoms with Gasteiger partial charge in [0.05, 0.1) is 5.39 Å². The molecule has 0 radical (unpaired) electrons. The van der Waals surface area contributed by atoms with Crippen LogP contribution in [-0.4, -0.2) is 38.8 Å². The number of rotatable bonds is 3. The highest BCUT2D eigenvalue weighted by molar-refractivity contribution is 6.30. The van der Waals surface area contributed by atoms with E-state index in [2.05, 4.69) is 10.3 Å². The number of nitrogens with zero attached hydrogens (tertiary/aromatic N) is 4. The molecule has 0 saturated carbocycles. The van der Waals surface area contributed by atoms with Crippen LogP contribution in [0.25, 0.3) is 22.2 Å². The van der Waals surface area contributed by atoms with Crippen molar-refractivity contribution in [2.45, 2.75) is 26.3 Å². The number of aryl methyl sites for hydroxylation is 1. The van der Waals surface area contributed by atoms with Gasteiger partial charge < -0.3 is 9.42 Å². The molecule has 1 saturated heterocycles. The SMILES string of the molecule is Cc1onc2c(=O)n(CC(=O)N3CCCC3)nc(-c3ccc(Cl)cc3)c12. The first-order valence-electron chi connectivity index (χ1n) is 8.45. The lowest BCUT2D eigenvalue weighted by Crippen LogP contribution is -2.36. The molecule has 0 spiro atoms. The zero-order chi connectivity index (χ0) is 18.3. The normalized spacial score (nSPS) is 14.3. The van der Waals surface area contributed by atoms with Crippen LogP contribution in [0.15, 0.2) is 33.6 Å². The van der Waals surface area contributed by atoms with Crippen LogP contribution >= 0.6 is 11.6 Å². The molecule has 1 fully saturated rings. The van der Waals surface area contributed by atoms with Crippen molar-refractivity contribution in [2.24, 2.45) is 0 Å². The molecule has 7 nitrogen and oxygen atoms in total. The van der Waals surface area contributed by atoms with Crippen molar-refractivity contribution in [3.63, 3.8) is 0 Å². The van der Waals surface area contributed by atoms with Crippen molar-refractivity contribution < 1.29 is 9.32 Å². The fourth-order valence-electron chi connectivity index (χ4n) is 3.25. The number of carbonyl (C=O) groups excluding carboxylic acids is 1. The smallest absolute Gasteiger partial charge is 0.297 e. The maximum atomic E-state index is 12.7. The predicted molar refractivity (Wildman–Crippen MR) is 97.1 cm³/mol. The van der Waals surface area contributed by atoms with Crippen LogP contribution in [0.1, 0.15) is 18.6 Å². The monoisotopic (exact) mass is 372 g/mol. The molecule has 3 aromatic rings. The van der Waals surface area contributed by atoms with Gasteiger partial charge in [0.25, 0.3) is 5.56 Å². The highest BCUT2D eigenvalue weighted by Gasteiger charge is 2.23. The molecule has 134 valence electrons. The van der Waals surface area contributed by atoms with Gasteiger partial charge in [-0.25, -0.2) is 4.68 Å². The van der Waals surface area contributed by atoms with Crippen LogP contribution < -0.4 is 5.56 Å². The van der Waals surface area contributed by atoms with E-state index >= 15 is 0 Å². The van der Waals surface area contributed by atoms with E-state index in [0.717, 1.165) is 31.5 Å². The Morgan fingerprint density at radius 2 is 1.92 bits per heavy atom. The molecule has 0 bridgehead atoms. The van der Waals surface area contributed by atoms with E-state index in [-0.39, 0.29) is 18.0 Å². The third-order valence-corrected chi connectivity index (χ3v) is 4.87. The number of hydrogen-bond acceptors (Lipinski definition) is 5. The summed E-state index contributed by atoms with van der Waals surface area (Å²) in [7, 11) is 0. The predicted octanol–water partition coefficient (Wildman–Crippen LogP) is 2.64. The Bertz CT molecular complexity index is 1030. The second-order valence-corrected chi connectivity index (χ2v) is 6.80. The average Bonchev–Trinajstić information content (AvgIpc) is 3.29. The van der Waals surface area contributed by atoms with Crippen molar-refractivity contribution in [1.29, 1.82) is 0 Å². The fraction of sp³-hybridized carbons (Fsp3) is 0.333. The molecule has 1 aliphatic heterocycles. The molecule has 0 atom stereocenters. The summed E-state index contributed by atoms with van der Waals surface area (Å²) in [6.45, 7) is 3.07. The summed E-state index contributed by atoms with van der Waals surface area (Å²) >= 11 is 5.97. The zero-order valence-electron chi connectivity index (χ0n) is 14.2. The van der Waals surface area contributed by atoms with Gasteiger partial charge in [-0.05, 0) is 31.9 Å². The molecule has 4 rings (SSSR count). The number of benzene rings is 1. The van der Waals surface area contributed by atoms with Gasteiger partial charge in [0.15, 0.2) is 5.52 Å². The molecule has 8 heteroatoms. The minimum Gasteiger partial charge on any atom is -0.360 e. The minimum absolute atomic E-state index is 0.110. The second-order valence-electron chi connectivity index (χ2n) is 6.37. The van der Waals surface area contributed by atoms with Gasteiger partial charge in [-0.2, -0.15) is 5.10 Å². The third-order valence-electron chi connectivity index (χ3n) is 4.62. The quantitative estimate of drug-likeness (QED) is 0.706. The van der Waals surface area contributed by atoms with Gasteiger partial charge in [-0.1, -0.05) is 28.9 Å². The highest BCUT2D eigenvalue weighted by atomic mass is 35.5. The van der Waals surface area contributed by atoms with Crippen molar-refractivity contribution in [1.82, 2.24) is 19.8 Å². The van der Waals surface area contributed by atoms with E-state index in [9.17, 15) is 9.59 Å². The number of likely N-dealkylation sites (tertiary alicyclic amines) is 1. The van der Waals surface area contributed by atoms with Crippen LogP contribution in [0.3, 0.4) is 0 Å². The Kier molecular flexibility index (Phi) is 4.24. The van der Waals surface area contributed by atoms with E-state index in [1.807, 2.05) is 12.1 Å². The first-order valence-corrected chi connectivity index (χ1v) is 8.83. The molecule has 3 heterocycles. The lowest BCUT2D eigenvalue weighted by atomic mass is 10.1. The molecule has 0 N–H and O–H groups in total. The second kappa shape index (κ2) is 6.57. The lowest BCUT2D eigenvalue weighted by molar-refractivity contribution is -0.131. The summed E-state index contributed by atoms with van der Waals surface area (Å²) in [5.74, 6) is 0.395. The molecule has 1 aliphatic rings. The summed E-state index contributed by atoms with van der Waals surface area (Å²) in [6.07, 6.45) is 1.98. The molecule has 2 aromatic heterocycles. The van der Waals surface area contributed by atoms with Crippen molar-refractivity contribution in [3.8, 4) is 11.3 Å². The Morgan fingerprint density at radius 3 is 2.62 bits per heavy atom. The Balaban J connectivity index is 1.83. The van der Waals surface area contributed by atoms with Gasteiger partial charge >= 0.3 is 0 Å². The first kappa shape index (κ1) is 16.8. The molecule has 26 heavy (non-hydrogen) atoms. The van der Waals surface area contributed by atoms with Crippen molar-refractivity contribution in [2.75, 3.05) is 13.1 Å². The van der Waals surface area contributed by atoms with Crippen LogP contribution in [0.5, 0.6) is 0 Å². The minimum atomic E-state index is -0.429.